The van der Waals surface area contributed by atoms with Gasteiger partial charge in [0.05, 0.1) is 5.76 Å². The van der Waals surface area contributed by atoms with E-state index >= 15 is 0 Å². The molecule has 1 aromatic carbocycles. The molecule has 0 spiro atoms. The third-order valence-electron chi connectivity index (χ3n) is 3.48. The van der Waals surface area contributed by atoms with E-state index in [-0.39, 0.29) is 0 Å². The molecular formula is C16H16BNO2. The summed E-state index contributed by atoms with van der Waals surface area (Å²) in [6.07, 6.45) is 3.61. The molecule has 3 nitrogen and oxygen atoms in total. The molecule has 1 saturated heterocycles. The van der Waals surface area contributed by atoms with E-state index in [1.165, 1.54) is 0 Å². The van der Waals surface area contributed by atoms with E-state index in [4.69, 9.17) is 9.31 Å². The number of benzene rings is 1. The number of aromatic nitrogens is 1. The highest BCUT2D eigenvalue weighted by Gasteiger charge is 2.42. The van der Waals surface area contributed by atoms with Crippen molar-refractivity contribution in [2.75, 3.05) is 0 Å². The zero-order chi connectivity index (χ0) is 14.2. The SMILES string of the molecule is C=C1OB(c2cccc(-c3cccnc3)c2)OC1(C)C. The zero-order valence-electron chi connectivity index (χ0n) is 11.7. The first kappa shape index (κ1) is 12.9. The van der Waals surface area contributed by atoms with Gasteiger partial charge in [0.25, 0.3) is 0 Å². The van der Waals surface area contributed by atoms with Gasteiger partial charge in [0.15, 0.2) is 0 Å². The zero-order valence-corrected chi connectivity index (χ0v) is 11.7. The van der Waals surface area contributed by atoms with Crippen LogP contribution in [0.2, 0.25) is 0 Å². The van der Waals surface area contributed by atoms with Gasteiger partial charge < -0.3 is 9.31 Å². The normalized spacial score (nSPS) is 17.1. The first-order chi connectivity index (χ1) is 9.56. The van der Waals surface area contributed by atoms with Crippen molar-refractivity contribution < 1.29 is 9.31 Å². The van der Waals surface area contributed by atoms with E-state index in [1.807, 2.05) is 44.3 Å². The molecule has 2 aromatic rings. The molecule has 0 aliphatic carbocycles. The Morgan fingerprint density at radius 3 is 2.60 bits per heavy atom. The summed E-state index contributed by atoms with van der Waals surface area (Å²) in [6.45, 7) is 7.82. The maximum Gasteiger partial charge on any atom is 0.563 e. The minimum Gasteiger partial charge on any atom is -0.534 e. The fourth-order valence-electron chi connectivity index (χ4n) is 2.16. The highest BCUT2D eigenvalue weighted by atomic mass is 16.7. The first-order valence-corrected chi connectivity index (χ1v) is 6.60. The summed E-state index contributed by atoms with van der Waals surface area (Å²) in [4.78, 5) is 4.15. The second-order valence-electron chi connectivity index (χ2n) is 5.37. The Morgan fingerprint density at radius 2 is 1.95 bits per heavy atom. The lowest BCUT2D eigenvalue weighted by atomic mass is 9.78. The second-order valence-corrected chi connectivity index (χ2v) is 5.37. The summed E-state index contributed by atoms with van der Waals surface area (Å²) in [5.74, 6) is 0.661. The van der Waals surface area contributed by atoms with E-state index < -0.39 is 12.7 Å². The van der Waals surface area contributed by atoms with Crippen molar-refractivity contribution in [2.45, 2.75) is 19.4 Å². The summed E-state index contributed by atoms with van der Waals surface area (Å²) in [5, 5.41) is 0. The van der Waals surface area contributed by atoms with Crippen LogP contribution < -0.4 is 5.46 Å². The monoisotopic (exact) mass is 265 g/mol. The Labute approximate surface area is 119 Å². The number of rotatable bonds is 2. The summed E-state index contributed by atoms with van der Waals surface area (Å²) >= 11 is 0. The highest BCUT2D eigenvalue weighted by molar-refractivity contribution is 6.62. The Kier molecular flexibility index (Phi) is 3.11. The van der Waals surface area contributed by atoms with Gasteiger partial charge in [-0.05, 0) is 36.5 Å². The molecule has 0 saturated carbocycles. The fraction of sp³-hybridized carbons (Fsp3) is 0.188. The van der Waals surface area contributed by atoms with E-state index in [9.17, 15) is 0 Å². The predicted octanol–water partition coefficient (Wildman–Crippen LogP) is 2.78. The topological polar surface area (TPSA) is 31.4 Å². The standard InChI is InChI=1S/C16H16BNO2/c1-12-16(2,3)20-17(19-12)15-8-4-6-13(10-15)14-7-5-9-18-11-14/h4-11H,1H2,2-3H3. The summed E-state index contributed by atoms with van der Waals surface area (Å²) in [7, 11) is -0.394. The molecule has 1 aliphatic heterocycles. The van der Waals surface area contributed by atoms with Crippen LogP contribution in [0.5, 0.6) is 0 Å². The Hall–Kier alpha value is -2.07. The van der Waals surface area contributed by atoms with Crippen LogP contribution in [0.3, 0.4) is 0 Å². The van der Waals surface area contributed by atoms with Crippen molar-refractivity contribution in [2.24, 2.45) is 0 Å². The average molecular weight is 265 g/mol. The van der Waals surface area contributed by atoms with Gasteiger partial charge in [-0.3, -0.25) is 4.98 Å². The van der Waals surface area contributed by atoms with Gasteiger partial charge in [0.1, 0.15) is 5.60 Å². The molecule has 100 valence electrons. The lowest BCUT2D eigenvalue weighted by Crippen LogP contribution is -2.34. The molecule has 2 heterocycles. The van der Waals surface area contributed by atoms with Gasteiger partial charge in [-0.1, -0.05) is 36.9 Å². The molecule has 0 bridgehead atoms. The number of hydrogen-bond acceptors (Lipinski definition) is 3. The minimum absolute atomic E-state index is 0.394. The van der Waals surface area contributed by atoms with Crippen LogP contribution in [0.1, 0.15) is 13.8 Å². The maximum absolute atomic E-state index is 5.90. The van der Waals surface area contributed by atoms with Crippen LogP contribution in [0.25, 0.3) is 11.1 Å². The predicted molar refractivity (Wildman–Crippen MR) is 80.5 cm³/mol. The van der Waals surface area contributed by atoms with Crippen molar-refractivity contribution in [1.29, 1.82) is 0 Å². The van der Waals surface area contributed by atoms with Gasteiger partial charge >= 0.3 is 7.12 Å². The van der Waals surface area contributed by atoms with Crippen LogP contribution in [-0.2, 0) is 9.31 Å². The van der Waals surface area contributed by atoms with E-state index in [0.717, 1.165) is 16.6 Å². The molecule has 0 N–H and O–H groups in total. The highest BCUT2D eigenvalue weighted by Crippen LogP contribution is 2.29. The number of pyridine rings is 1. The molecule has 4 heteroatoms. The van der Waals surface area contributed by atoms with Crippen molar-refractivity contribution >= 4 is 12.6 Å². The molecule has 1 fully saturated rings. The molecule has 1 aromatic heterocycles. The van der Waals surface area contributed by atoms with Crippen LogP contribution in [0, 0.1) is 0 Å². The minimum atomic E-state index is -0.449. The molecule has 0 atom stereocenters. The third kappa shape index (κ3) is 2.34. The smallest absolute Gasteiger partial charge is 0.534 e. The van der Waals surface area contributed by atoms with Crippen molar-refractivity contribution in [3.8, 4) is 11.1 Å². The lowest BCUT2D eigenvalue weighted by Gasteiger charge is -2.15. The van der Waals surface area contributed by atoms with E-state index in [2.05, 4.69) is 23.7 Å². The Bertz CT molecular complexity index is 640. The largest absolute Gasteiger partial charge is 0.563 e. The number of hydrogen-bond donors (Lipinski definition) is 0. The van der Waals surface area contributed by atoms with Crippen molar-refractivity contribution in [1.82, 2.24) is 4.98 Å². The summed E-state index contributed by atoms with van der Waals surface area (Å²) in [6, 6.07) is 12.1. The van der Waals surface area contributed by atoms with Gasteiger partial charge in [0.2, 0.25) is 0 Å². The molecule has 20 heavy (non-hydrogen) atoms. The van der Waals surface area contributed by atoms with Gasteiger partial charge in [-0.2, -0.15) is 0 Å². The second kappa shape index (κ2) is 4.80. The van der Waals surface area contributed by atoms with E-state index in [1.54, 1.807) is 6.20 Å². The Morgan fingerprint density at radius 1 is 1.15 bits per heavy atom. The van der Waals surface area contributed by atoms with Crippen LogP contribution in [-0.4, -0.2) is 17.7 Å². The molecule has 3 rings (SSSR count). The maximum atomic E-state index is 5.90. The van der Waals surface area contributed by atoms with Crippen LogP contribution >= 0.6 is 0 Å². The van der Waals surface area contributed by atoms with Crippen molar-refractivity contribution in [3.05, 3.63) is 61.1 Å². The van der Waals surface area contributed by atoms with Crippen molar-refractivity contribution in [3.63, 3.8) is 0 Å². The molecule has 0 unspecified atom stereocenters. The third-order valence-corrected chi connectivity index (χ3v) is 3.48. The average Bonchev–Trinajstić information content (AvgIpc) is 2.74. The van der Waals surface area contributed by atoms with Crippen LogP contribution in [0.4, 0.5) is 0 Å². The lowest BCUT2D eigenvalue weighted by molar-refractivity contribution is 0.173. The van der Waals surface area contributed by atoms with Gasteiger partial charge in [-0.15, -0.1) is 0 Å². The van der Waals surface area contributed by atoms with E-state index in [0.29, 0.717) is 5.76 Å². The molecule has 0 amide bonds. The molecular weight excluding hydrogens is 249 g/mol. The molecule has 1 aliphatic rings. The Balaban J connectivity index is 1.92. The van der Waals surface area contributed by atoms with Crippen LogP contribution in [0.15, 0.2) is 61.1 Å². The summed E-state index contributed by atoms with van der Waals surface area (Å²) in [5.41, 5.74) is 2.70. The summed E-state index contributed by atoms with van der Waals surface area (Å²) < 4.78 is 11.6. The fourth-order valence-corrected chi connectivity index (χ4v) is 2.16. The first-order valence-electron chi connectivity index (χ1n) is 6.60. The molecule has 0 radical (unpaired) electrons. The van der Waals surface area contributed by atoms with Gasteiger partial charge in [0, 0.05) is 12.4 Å². The quantitative estimate of drug-likeness (QED) is 0.782. The number of nitrogens with zero attached hydrogens (tertiary/aromatic N) is 1. The van der Waals surface area contributed by atoms with Gasteiger partial charge in [-0.25, -0.2) is 0 Å².